The summed E-state index contributed by atoms with van der Waals surface area (Å²) in [5.41, 5.74) is 5.89. The number of hydrazone groups is 1. The van der Waals surface area contributed by atoms with E-state index in [-0.39, 0.29) is 5.91 Å². The van der Waals surface area contributed by atoms with Gasteiger partial charge in [0.15, 0.2) is 12.0 Å². The molecule has 5 nitrogen and oxygen atoms in total. The molecule has 5 heteroatoms. The zero-order chi connectivity index (χ0) is 11.0. The summed E-state index contributed by atoms with van der Waals surface area (Å²) >= 11 is 0. The van der Waals surface area contributed by atoms with Gasteiger partial charge in [-0.15, -0.1) is 0 Å². The lowest BCUT2D eigenvalue weighted by molar-refractivity contribution is -0.121. The molecular weight excluding hydrogens is 206 g/mol. The quantitative estimate of drug-likeness (QED) is 0.782. The van der Waals surface area contributed by atoms with Gasteiger partial charge in [-0.2, -0.15) is 5.10 Å². The molecule has 2 heterocycles. The van der Waals surface area contributed by atoms with Gasteiger partial charge in [-0.25, -0.2) is 10.4 Å². The van der Waals surface area contributed by atoms with E-state index in [0.29, 0.717) is 12.8 Å². The van der Waals surface area contributed by atoms with E-state index in [1.165, 1.54) is 6.39 Å². The maximum absolute atomic E-state index is 11.0. The molecule has 0 saturated heterocycles. The van der Waals surface area contributed by atoms with Crippen molar-refractivity contribution in [1.82, 2.24) is 10.4 Å². The highest BCUT2D eigenvalue weighted by molar-refractivity contribution is 6.05. The molecule has 1 amide bonds. The van der Waals surface area contributed by atoms with E-state index in [1.54, 1.807) is 0 Å². The lowest BCUT2D eigenvalue weighted by Crippen LogP contribution is -2.25. The topological polar surface area (TPSA) is 67.5 Å². The number of nitrogens with one attached hydrogen (secondary N) is 1. The first kappa shape index (κ1) is 9.08. The molecule has 0 bridgehead atoms. The third-order valence-corrected chi connectivity index (χ3v) is 2.57. The van der Waals surface area contributed by atoms with E-state index in [4.69, 9.17) is 4.42 Å². The fraction of sp³-hybridized carbons (Fsp3) is 0.182. The molecule has 1 aliphatic heterocycles. The van der Waals surface area contributed by atoms with Gasteiger partial charge >= 0.3 is 0 Å². The summed E-state index contributed by atoms with van der Waals surface area (Å²) < 4.78 is 5.16. The first-order valence-electron chi connectivity index (χ1n) is 5.02. The Bertz CT molecular complexity index is 586. The predicted octanol–water partition coefficient (Wildman–Crippen LogP) is 1.44. The average molecular weight is 215 g/mol. The summed E-state index contributed by atoms with van der Waals surface area (Å²) in [5.74, 6) is -0.0359. The van der Waals surface area contributed by atoms with Crippen LogP contribution in [0.1, 0.15) is 18.4 Å². The number of hydrogen-bond donors (Lipinski definition) is 1. The molecule has 2 aromatic rings. The average Bonchev–Trinajstić information content (AvgIpc) is 2.77. The van der Waals surface area contributed by atoms with E-state index in [2.05, 4.69) is 15.5 Å². The Balaban J connectivity index is 2.02. The Morgan fingerprint density at radius 3 is 3.06 bits per heavy atom. The zero-order valence-corrected chi connectivity index (χ0v) is 8.43. The Labute approximate surface area is 91.2 Å². The predicted molar refractivity (Wildman–Crippen MR) is 57.9 cm³/mol. The number of carbonyl (C=O) groups is 1. The molecule has 0 saturated carbocycles. The van der Waals surface area contributed by atoms with E-state index >= 15 is 0 Å². The van der Waals surface area contributed by atoms with Crippen molar-refractivity contribution < 1.29 is 9.21 Å². The van der Waals surface area contributed by atoms with Crippen LogP contribution in [0, 0.1) is 0 Å². The lowest BCUT2D eigenvalue weighted by Gasteiger charge is -2.11. The number of hydrogen-bond acceptors (Lipinski definition) is 4. The van der Waals surface area contributed by atoms with Gasteiger partial charge in [-0.05, 0) is 18.2 Å². The van der Waals surface area contributed by atoms with Gasteiger partial charge in [0.2, 0.25) is 5.91 Å². The largest absolute Gasteiger partial charge is 0.443 e. The second kappa shape index (κ2) is 3.44. The van der Waals surface area contributed by atoms with Crippen molar-refractivity contribution in [2.75, 3.05) is 0 Å². The molecule has 16 heavy (non-hydrogen) atoms. The number of nitrogens with zero attached hydrogens (tertiary/aromatic N) is 2. The first-order valence-corrected chi connectivity index (χ1v) is 5.02. The molecule has 80 valence electrons. The second-order valence-electron chi connectivity index (χ2n) is 3.63. The molecule has 1 aromatic carbocycles. The molecule has 0 aliphatic carbocycles. The summed E-state index contributed by atoms with van der Waals surface area (Å²) in [7, 11) is 0. The third kappa shape index (κ3) is 1.46. The molecule has 0 radical (unpaired) electrons. The lowest BCUT2D eigenvalue weighted by atomic mass is 10.0. The van der Waals surface area contributed by atoms with Crippen molar-refractivity contribution in [3.8, 4) is 0 Å². The minimum atomic E-state index is -0.0359. The van der Waals surface area contributed by atoms with E-state index in [9.17, 15) is 4.79 Å². The number of benzene rings is 1. The molecular formula is C11H9N3O2. The summed E-state index contributed by atoms with van der Waals surface area (Å²) in [5, 5.41) is 4.03. The summed E-state index contributed by atoms with van der Waals surface area (Å²) in [4.78, 5) is 15.0. The van der Waals surface area contributed by atoms with Crippen LogP contribution in [-0.2, 0) is 4.79 Å². The highest BCUT2D eigenvalue weighted by Gasteiger charge is 2.13. The Hall–Kier alpha value is -2.17. The number of amides is 1. The van der Waals surface area contributed by atoms with Crippen LogP contribution in [0.4, 0.5) is 0 Å². The number of carbonyl (C=O) groups excluding carboxylic acids is 1. The fourth-order valence-electron chi connectivity index (χ4n) is 1.72. The van der Waals surface area contributed by atoms with Gasteiger partial charge in [0, 0.05) is 18.4 Å². The minimum absolute atomic E-state index is 0.0359. The van der Waals surface area contributed by atoms with Crippen LogP contribution >= 0.6 is 0 Å². The van der Waals surface area contributed by atoms with Crippen LogP contribution < -0.4 is 5.43 Å². The van der Waals surface area contributed by atoms with Gasteiger partial charge in [-0.1, -0.05) is 0 Å². The van der Waals surface area contributed by atoms with E-state index in [1.807, 2.05) is 18.2 Å². The number of fused-ring (bicyclic) bond motifs is 1. The SMILES string of the molecule is O=C1CCC(c2ccc3ocnc3c2)=NN1. The molecule has 0 spiro atoms. The standard InChI is InChI=1S/C11H9N3O2/c15-11-4-2-8(13-14-11)7-1-3-10-9(5-7)12-6-16-10/h1,3,5-6H,2,4H2,(H,14,15). The zero-order valence-electron chi connectivity index (χ0n) is 8.43. The number of rotatable bonds is 1. The monoisotopic (exact) mass is 215 g/mol. The molecule has 1 N–H and O–H groups in total. The van der Waals surface area contributed by atoms with E-state index in [0.717, 1.165) is 22.4 Å². The van der Waals surface area contributed by atoms with Crippen LogP contribution in [0.25, 0.3) is 11.1 Å². The van der Waals surface area contributed by atoms with Crippen molar-refractivity contribution in [3.63, 3.8) is 0 Å². The van der Waals surface area contributed by atoms with Crippen molar-refractivity contribution in [2.24, 2.45) is 5.10 Å². The van der Waals surface area contributed by atoms with Gasteiger partial charge in [-0.3, -0.25) is 4.79 Å². The molecule has 0 atom stereocenters. The van der Waals surface area contributed by atoms with Crippen molar-refractivity contribution in [3.05, 3.63) is 30.2 Å². The number of aromatic nitrogens is 1. The Morgan fingerprint density at radius 1 is 1.31 bits per heavy atom. The van der Waals surface area contributed by atoms with Crippen LogP contribution in [0.5, 0.6) is 0 Å². The molecule has 1 aliphatic rings. The molecule has 1 aromatic heterocycles. The van der Waals surface area contributed by atoms with Gasteiger partial charge < -0.3 is 4.42 Å². The Kier molecular flexibility index (Phi) is 1.96. The van der Waals surface area contributed by atoms with Gasteiger partial charge in [0.05, 0.1) is 5.71 Å². The van der Waals surface area contributed by atoms with Crippen molar-refractivity contribution in [2.45, 2.75) is 12.8 Å². The molecule has 3 rings (SSSR count). The van der Waals surface area contributed by atoms with Gasteiger partial charge in [0.1, 0.15) is 5.52 Å². The highest BCUT2D eigenvalue weighted by atomic mass is 16.3. The molecule has 0 fully saturated rings. The second-order valence-corrected chi connectivity index (χ2v) is 3.63. The van der Waals surface area contributed by atoms with Gasteiger partial charge in [0.25, 0.3) is 0 Å². The maximum atomic E-state index is 11.0. The summed E-state index contributed by atoms with van der Waals surface area (Å²) in [6.45, 7) is 0. The summed E-state index contributed by atoms with van der Waals surface area (Å²) in [6, 6.07) is 5.69. The first-order chi connectivity index (χ1) is 7.83. The smallest absolute Gasteiger partial charge is 0.240 e. The van der Waals surface area contributed by atoms with Crippen LogP contribution in [0.2, 0.25) is 0 Å². The fourth-order valence-corrected chi connectivity index (χ4v) is 1.72. The normalized spacial score (nSPS) is 16.0. The maximum Gasteiger partial charge on any atom is 0.240 e. The highest BCUT2D eigenvalue weighted by Crippen LogP contribution is 2.17. The Morgan fingerprint density at radius 2 is 2.25 bits per heavy atom. The van der Waals surface area contributed by atoms with Crippen LogP contribution in [-0.4, -0.2) is 16.6 Å². The third-order valence-electron chi connectivity index (χ3n) is 2.57. The van der Waals surface area contributed by atoms with Crippen LogP contribution in [0.15, 0.2) is 34.1 Å². The van der Waals surface area contributed by atoms with E-state index < -0.39 is 0 Å². The summed E-state index contributed by atoms with van der Waals surface area (Å²) in [6.07, 6.45) is 2.56. The van der Waals surface area contributed by atoms with Crippen LogP contribution in [0.3, 0.4) is 0 Å². The molecule has 0 unspecified atom stereocenters. The van der Waals surface area contributed by atoms with Crippen molar-refractivity contribution >= 4 is 22.7 Å². The minimum Gasteiger partial charge on any atom is -0.443 e. The number of oxazole rings is 1. The van der Waals surface area contributed by atoms with Crippen molar-refractivity contribution in [1.29, 1.82) is 0 Å².